The number of fused-ring (bicyclic) bond motifs is 3. The number of rotatable bonds is 7. The van der Waals surface area contributed by atoms with Gasteiger partial charge in [0.2, 0.25) is 11.8 Å². The van der Waals surface area contributed by atoms with Crippen molar-refractivity contribution in [1.29, 1.82) is 0 Å². The fourth-order valence-electron chi connectivity index (χ4n) is 6.52. The topological polar surface area (TPSA) is 53.1 Å². The highest BCUT2D eigenvalue weighted by Gasteiger charge is 2.30. The second-order valence-electron chi connectivity index (χ2n) is 14.9. The molecular weight excluding hydrogens is 603 g/mol. The van der Waals surface area contributed by atoms with Gasteiger partial charge in [0.25, 0.3) is 0 Å². The molecule has 0 N–H and O–H groups in total. The van der Waals surface area contributed by atoms with Crippen LogP contribution in [0.2, 0.25) is 0 Å². The normalized spacial score (nSPS) is 12.5. The Labute approximate surface area is 290 Å². The number of hydrogen-bond acceptors (Lipinski definition) is 4. The van der Waals surface area contributed by atoms with Crippen molar-refractivity contribution in [1.82, 2.24) is 14.8 Å². The Morgan fingerprint density at radius 2 is 1.20 bits per heavy atom. The summed E-state index contributed by atoms with van der Waals surface area (Å²) in [5.41, 5.74) is 7.34. The van der Waals surface area contributed by atoms with Crippen molar-refractivity contribution in [2.75, 3.05) is 6.61 Å². The minimum absolute atomic E-state index is 0.328. The van der Waals surface area contributed by atoms with Crippen molar-refractivity contribution < 1.29 is 9.15 Å². The van der Waals surface area contributed by atoms with Crippen molar-refractivity contribution in [3.05, 3.63) is 133 Å². The van der Waals surface area contributed by atoms with E-state index in [0.717, 1.165) is 22.6 Å². The Bertz CT molecular complexity index is 2070. The molecule has 5 nitrogen and oxygen atoms in total. The first-order chi connectivity index (χ1) is 23.5. The van der Waals surface area contributed by atoms with Crippen molar-refractivity contribution >= 4 is 21.8 Å². The number of benzene rings is 5. The Balaban J connectivity index is 0.000000221. The molecule has 5 aromatic carbocycles. The van der Waals surface area contributed by atoms with Crippen LogP contribution in [-0.4, -0.2) is 21.4 Å². The van der Waals surface area contributed by atoms with Crippen LogP contribution in [0.15, 0.2) is 132 Å². The highest BCUT2D eigenvalue weighted by molar-refractivity contribution is 6.09. The molecule has 0 amide bonds. The maximum Gasteiger partial charge on any atom is 0.248 e. The van der Waals surface area contributed by atoms with Gasteiger partial charge in [0.15, 0.2) is 0 Å². The van der Waals surface area contributed by atoms with Crippen molar-refractivity contribution in [2.24, 2.45) is 10.8 Å². The molecule has 0 spiro atoms. The summed E-state index contributed by atoms with van der Waals surface area (Å²) >= 11 is 0. The fraction of sp³-hybridized carbons (Fsp3) is 0.273. The molecule has 0 aliphatic rings. The van der Waals surface area contributed by atoms with Gasteiger partial charge < -0.3 is 13.7 Å². The van der Waals surface area contributed by atoms with Crippen LogP contribution in [0.5, 0.6) is 5.75 Å². The fourth-order valence-corrected chi connectivity index (χ4v) is 6.52. The lowest BCUT2D eigenvalue weighted by molar-refractivity contribution is 0.229. The number of ether oxygens (including phenoxy) is 1. The summed E-state index contributed by atoms with van der Waals surface area (Å²) in [6.45, 7) is 16.6. The van der Waals surface area contributed by atoms with Gasteiger partial charge >= 0.3 is 0 Å². The average molecular weight is 650 g/mol. The molecule has 2 aromatic heterocycles. The molecule has 1 atom stereocenters. The van der Waals surface area contributed by atoms with Crippen LogP contribution in [0.4, 0.5) is 0 Å². The van der Waals surface area contributed by atoms with Gasteiger partial charge in [-0.1, -0.05) is 114 Å². The van der Waals surface area contributed by atoms with Crippen LogP contribution in [0.1, 0.15) is 66.4 Å². The van der Waals surface area contributed by atoms with Crippen molar-refractivity contribution in [3.8, 4) is 34.3 Å². The van der Waals surface area contributed by atoms with E-state index in [-0.39, 0.29) is 0 Å². The quantitative estimate of drug-likeness (QED) is 0.172. The summed E-state index contributed by atoms with van der Waals surface area (Å²) < 4.78 is 13.8. The second kappa shape index (κ2) is 14.1. The summed E-state index contributed by atoms with van der Waals surface area (Å²) in [5.74, 6) is 2.37. The first-order valence-corrected chi connectivity index (χ1v) is 17.2. The van der Waals surface area contributed by atoms with Gasteiger partial charge in [-0.3, -0.25) is 0 Å². The van der Waals surface area contributed by atoms with Gasteiger partial charge in [0.1, 0.15) is 5.75 Å². The van der Waals surface area contributed by atoms with Gasteiger partial charge in [-0.2, -0.15) is 0 Å². The van der Waals surface area contributed by atoms with Crippen LogP contribution >= 0.6 is 0 Å². The van der Waals surface area contributed by atoms with E-state index >= 15 is 0 Å². The molecule has 0 radical (unpaired) electrons. The average Bonchev–Trinajstić information content (AvgIpc) is 3.72. The summed E-state index contributed by atoms with van der Waals surface area (Å²) in [6.07, 6.45) is 1.24. The molecule has 0 fully saturated rings. The van der Waals surface area contributed by atoms with Crippen molar-refractivity contribution in [3.63, 3.8) is 0 Å². The maximum atomic E-state index is 5.98. The van der Waals surface area contributed by atoms with Gasteiger partial charge in [-0.15, -0.1) is 10.2 Å². The monoisotopic (exact) mass is 649 g/mol. The van der Waals surface area contributed by atoms with E-state index in [2.05, 4.69) is 147 Å². The molecular formula is C44H47N3O2. The second-order valence-corrected chi connectivity index (χ2v) is 14.9. The summed E-state index contributed by atoms with van der Waals surface area (Å²) in [5, 5.41) is 11.0. The van der Waals surface area contributed by atoms with Gasteiger partial charge in [0.05, 0.1) is 17.6 Å². The maximum absolute atomic E-state index is 5.98. The molecule has 0 bridgehead atoms. The molecule has 7 rings (SSSR count). The summed E-state index contributed by atoms with van der Waals surface area (Å²) in [4.78, 5) is 0. The van der Waals surface area contributed by atoms with E-state index in [9.17, 15) is 0 Å². The lowest BCUT2D eigenvalue weighted by Gasteiger charge is -2.36. The third-order valence-electron chi connectivity index (χ3n) is 8.83. The molecule has 5 heteroatoms. The largest absolute Gasteiger partial charge is 0.494 e. The van der Waals surface area contributed by atoms with Crippen molar-refractivity contribution in [2.45, 2.75) is 60.8 Å². The van der Waals surface area contributed by atoms with E-state index < -0.39 is 0 Å². The van der Waals surface area contributed by atoms with Gasteiger partial charge in [-0.25, -0.2) is 0 Å². The first-order valence-electron chi connectivity index (χ1n) is 17.2. The Morgan fingerprint density at radius 1 is 0.633 bits per heavy atom. The van der Waals surface area contributed by atoms with E-state index in [1.165, 1.54) is 33.8 Å². The molecule has 0 saturated carbocycles. The van der Waals surface area contributed by atoms with Crippen LogP contribution < -0.4 is 4.74 Å². The lowest BCUT2D eigenvalue weighted by atomic mass is 9.69. The standard InChI is InChI=1S/C28H21N3O2.C16H26/c1-2-32-22-9-7-8-20(18-22)28-30-29-27(33-28)19-14-16-21(17-15-19)31-25-12-5-3-10-23(25)24-11-4-6-13-26(24)31;1-15(2,3)12-14(16(4,5)6)13-10-8-7-9-11-13/h3-18H,2H2,1H3;7-11,14H,12H2,1-6H3. The molecule has 0 aliphatic carbocycles. The van der Waals surface area contributed by atoms with E-state index in [0.29, 0.717) is 35.1 Å². The minimum atomic E-state index is 0.328. The molecule has 49 heavy (non-hydrogen) atoms. The third kappa shape index (κ3) is 7.78. The first kappa shape index (κ1) is 33.7. The zero-order valence-corrected chi connectivity index (χ0v) is 29.8. The zero-order valence-electron chi connectivity index (χ0n) is 29.8. The highest BCUT2D eigenvalue weighted by Crippen LogP contribution is 2.43. The number of aromatic nitrogens is 3. The molecule has 0 aliphatic heterocycles. The predicted octanol–water partition coefficient (Wildman–Crippen LogP) is 12.2. The molecule has 1 unspecified atom stereocenters. The minimum Gasteiger partial charge on any atom is -0.494 e. The Hall–Kier alpha value is -5.16. The molecule has 2 heterocycles. The lowest BCUT2D eigenvalue weighted by Crippen LogP contribution is -2.23. The molecule has 0 saturated heterocycles. The van der Waals surface area contributed by atoms with E-state index in [1.807, 2.05) is 43.3 Å². The van der Waals surface area contributed by atoms with Crippen LogP contribution in [0.25, 0.3) is 50.4 Å². The number of nitrogens with zero attached hydrogens (tertiary/aromatic N) is 3. The summed E-state index contributed by atoms with van der Waals surface area (Å²) in [6, 6.07) is 43.8. The van der Waals surface area contributed by atoms with E-state index in [1.54, 1.807) is 0 Å². The van der Waals surface area contributed by atoms with E-state index in [4.69, 9.17) is 9.15 Å². The zero-order chi connectivity index (χ0) is 34.6. The Kier molecular flexibility index (Phi) is 9.73. The third-order valence-corrected chi connectivity index (χ3v) is 8.83. The SMILES string of the molecule is CC(C)(C)CC(c1ccccc1)C(C)(C)C.CCOc1cccc(-c2nnc(-c3ccc(-n4c5ccccc5c5ccccc54)cc3)o2)c1. The molecule has 7 aromatic rings. The Morgan fingerprint density at radius 3 is 1.78 bits per heavy atom. The van der Waals surface area contributed by atoms with Crippen LogP contribution in [0, 0.1) is 10.8 Å². The number of para-hydroxylation sites is 2. The van der Waals surface area contributed by atoms with Gasteiger partial charge in [0, 0.05) is 27.6 Å². The predicted molar refractivity (Wildman–Crippen MR) is 203 cm³/mol. The van der Waals surface area contributed by atoms with Gasteiger partial charge in [-0.05, 0) is 90.3 Å². The highest BCUT2D eigenvalue weighted by atomic mass is 16.5. The summed E-state index contributed by atoms with van der Waals surface area (Å²) in [7, 11) is 0. The van der Waals surface area contributed by atoms with Crippen LogP contribution in [0.3, 0.4) is 0 Å². The molecule has 250 valence electrons. The smallest absolute Gasteiger partial charge is 0.248 e. The van der Waals surface area contributed by atoms with Crippen LogP contribution in [-0.2, 0) is 0 Å². The number of hydrogen-bond donors (Lipinski definition) is 0.